The van der Waals surface area contributed by atoms with Crippen LogP contribution in [0.3, 0.4) is 0 Å². The van der Waals surface area contributed by atoms with Crippen molar-refractivity contribution in [3.63, 3.8) is 0 Å². The normalized spacial score (nSPS) is 14.5. The topological polar surface area (TPSA) is 45.2 Å². The van der Waals surface area contributed by atoms with Crippen LogP contribution < -0.4 is 5.32 Å². The van der Waals surface area contributed by atoms with E-state index >= 15 is 0 Å². The molecule has 1 heterocycles. The molecule has 4 nitrogen and oxygen atoms in total. The van der Waals surface area contributed by atoms with Gasteiger partial charge in [0, 0.05) is 30.9 Å². The van der Waals surface area contributed by atoms with Crippen molar-refractivity contribution >= 4 is 11.7 Å². The summed E-state index contributed by atoms with van der Waals surface area (Å²) < 4.78 is 0. The van der Waals surface area contributed by atoms with Crippen LogP contribution in [0.2, 0.25) is 0 Å². The van der Waals surface area contributed by atoms with Gasteiger partial charge in [0.2, 0.25) is 0 Å². The molecule has 0 spiro atoms. The molecule has 1 fully saturated rings. The average molecular weight is 233 g/mol. The zero-order valence-corrected chi connectivity index (χ0v) is 10.4. The summed E-state index contributed by atoms with van der Waals surface area (Å²) >= 11 is 0. The Morgan fingerprint density at radius 3 is 2.88 bits per heavy atom. The Morgan fingerprint density at radius 2 is 2.29 bits per heavy atom. The Hall–Kier alpha value is -1.58. The van der Waals surface area contributed by atoms with Gasteiger partial charge >= 0.3 is 0 Å². The molecule has 1 aliphatic rings. The van der Waals surface area contributed by atoms with Crippen LogP contribution in [0.15, 0.2) is 18.3 Å². The molecule has 2 rings (SSSR count). The Morgan fingerprint density at radius 1 is 1.53 bits per heavy atom. The highest BCUT2D eigenvalue weighted by atomic mass is 16.2. The van der Waals surface area contributed by atoms with Crippen molar-refractivity contribution in [1.29, 1.82) is 0 Å². The highest BCUT2D eigenvalue weighted by molar-refractivity contribution is 5.95. The summed E-state index contributed by atoms with van der Waals surface area (Å²) in [4.78, 5) is 18.4. The van der Waals surface area contributed by atoms with E-state index in [1.54, 1.807) is 12.3 Å². The minimum atomic E-state index is 0.122. The highest BCUT2D eigenvalue weighted by Gasteiger charge is 2.31. The van der Waals surface area contributed by atoms with Gasteiger partial charge in [-0.25, -0.2) is 4.98 Å². The molecule has 0 radical (unpaired) electrons. The Bertz CT molecular complexity index is 401. The van der Waals surface area contributed by atoms with E-state index in [0.29, 0.717) is 6.04 Å². The second kappa shape index (κ2) is 5.17. The summed E-state index contributed by atoms with van der Waals surface area (Å²) in [6.45, 7) is 5.63. The number of pyridine rings is 1. The monoisotopic (exact) mass is 233 g/mol. The fourth-order valence-electron chi connectivity index (χ4n) is 1.96. The number of aromatic nitrogens is 1. The lowest BCUT2D eigenvalue weighted by Gasteiger charge is -2.20. The molecule has 0 saturated heterocycles. The van der Waals surface area contributed by atoms with Gasteiger partial charge in [0.25, 0.3) is 5.91 Å². The first-order valence-corrected chi connectivity index (χ1v) is 6.27. The van der Waals surface area contributed by atoms with Gasteiger partial charge in [-0.3, -0.25) is 4.79 Å². The van der Waals surface area contributed by atoms with E-state index in [-0.39, 0.29) is 5.91 Å². The summed E-state index contributed by atoms with van der Waals surface area (Å²) in [5.41, 5.74) is 0.727. The van der Waals surface area contributed by atoms with Gasteiger partial charge in [-0.1, -0.05) is 0 Å². The van der Waals surface area contributed by atoms with Gasteiger partial charge in [-0.15, -0.1) is 0 Å². The first-order valence-electron chi connectivity index (χ1n) is 6.27. The second-order valence-corrected chi connectivity index (χ2v) is 4.28. The Labute approximate surface area is 102 Å². The molecule has 0 bridgehead atoms. The third-order valence-electron chi connectivity index (χ3n) is 2.95. The average Bonchev–Trinajstić information content (AvgIpc) is 3.15. The maximum atomic E-state index is 12.3. The van der Waals surface area contributed by atoms with E-state index in [1.807, 2.05) is 24.8 Å². The molecular formula is C13H19N3O. The summed E-state index contributed by atoms with van der Waals surface area (Å²) in [7, 11) is 0. The highest BCUT2D eigenvalue weighted by Crippen LogP contribution is 2.28. The zero-order valence-electron chi connectivity index (χ0n) is 10.4. The molecule has 4 heteroatoms. The summed E-state index contributed by atoms with van der Waals surface area (Å²) in [6, 6.07) is 4.08. The molecule has 0 unspecified atom stereocenters. The maximum absolute atomic E-state index is 12.3. The van der Waals surface area contributed by atoms with Gasteiger partial charge < -0.3 is 10.2 Å². The predicted molar refractivity (Wildman–Crippen MR) is 68.1 cm³/mol. The molecule has 0 aromatic carbocycles. The number of nitrogens with one attached hydrogen (secondary N) is 1. The van der Waals surface area contributed by atoms with Gasteiger partial charge in [0.05, 0.1) is 0 Å². The molecule has 92 valence electrons. The fraction of sp³-hybridized carbons (Fsp3) is 0.538. The molecule has 1 saturated carbocycles. The van der Waals surface area contributed by atoms with Crippen LogP contribution in [0.5, 0.6) is 0 Å². The number of nitrogens with zero attached hydrogens (tertiary/aromatic N) is 2. The quantitative estimate of drug-likeness (QED) is 0.847. The molecular weight excluding hydrogens is 214 g/mol. The first-order chi connectivity index (χ1) is 8.26. The molecule has 1 N–H and O–H groups in total. The minimum Gasteiger partial charge on any atom is -0.370 e. The van der Waals surface area contributed by atoms with Crippen molar-refractivity contribution < 1.29 is 4.79 Å². The predicted octanol–water partition coefficient (Wildman–Crippen LogP) is 2.14. The molecule has 1 amide bonds. The first kappa shape index (κ1) is 11.9. The van der Waals surface area contributed by atoms with Crippen molar-refractivity contribution in [2.75, 3.05) is 18.4 Å². The molecule has 0 aliphatic heterocycles. The Balaban J connectivity index is 2.14. The molecule has 1 aromatic heterocycles. The van der Waals surface area contributed by atoms with Crippen molar-refractivity contribution in [2.24, 2.45) is 0 Å². The number of hydrogen-bond donors (Lipinski definition) is 1. The number of carbonyl (C=O) groups is 1. The Kier molecular flexibility index (Phi) is 3.61. The van der Waals surface area contributed by atoms with Gasteiger partial charge in [0.1, 0.15) is 5.82 Å². The van der Waals surface area contributed by atoms with E-state index in [4.69, 9.17) is 0 Å². The summed E-state index contributed by atoms with van der Waals surface area (Å²) in [6.07, 6.45) is 3.97. The third kappa shape index (κ3) is 2.75. The lowest BCUT2D eigenvalue weighted by Crippen LogP contribution is -2.32. The lowest BCUT2D eigenvalue weighted by atomic mass is 10.2. The SMILES string of the molecule is CCNc1cc(C(=O)N(CC)C2CC2)ccn1. The fourth-order valence-corrected chi connectivity index (χ4v) is 1.96. The van der Waals surface area contributed by atoms with Crippen LogP contribution in [0, 0.1) is 0 Å². The lowest BCUT2D eigenvalue weighted by molar-refractivity contribution is 0.0752. The van der Waals surface area contributed by atoms with E-state index in [9.17, 15) is 4.79 Å². The van der Waals surface area contributed by atoms with E-state index in [2.05, 4.69) is 10.3 Å². The van der Waals surface area contributed by atoms with Crippen LogP contribution in [0.25, 0.3) is 0 Å². The summed E-state index contributed by atoms with van der Waals surface area (Å²) in [5, 5.41) is 3.12. The largest absolute Gasteiger partial charge is 0.370 e. The second-order valence-electron chi connectivity index (χ2n) is 4.28. The van der Waals surface area contributed by atoms with Crippen LogP contribution in [-0.4, -0.2) is 34.9 Å². The van der Waals surface area contributed by atoms with Crippen molar-refractivity contribution in [3.8, 4) is 0 Å². The van der Waals surface area contributed by atoms with Gasteiger partial charge in [0.15, 0.2) is 0 Å². The summed E-state index contributed by atoms with van der Waals surface area (Å²) in [5.74, 6) is 0.891. The van der Waals surface area contributed by atoms with Crippen LogP contribution in [-0.2, 0) is 0 Å². The van der Waals surface area contributed by atoms with Crippen molar-refractivity contribution in [2.45, 2.75) is 32.7 Å². The van der Waals surface area contributed by atoms with Crippen molar-refractivity contribution in [1.82, 2.24) is 9.88 Å². The number of hydrogen-bond acceptors (Lipinski definition) is 3. The van der Waals surface area contributed by atoms with Crippen LogP contribution >= 0.6 is 0 Å². The van der Waals surface area contributed by atoms with Gasteiger partial charge in [-0.05, 0) is 38.8 Å². The number of carbonyl (C=O) groups excluding carboxylic acids is 1. The standard InChI is InChI=1S/C13H19N3O/c1-3-14-12-9-10(7-8-15-12)13(17)16(4-2)11-5-6-11/h7-9,11H,3-6H2,1-2H3,(H,14,15). The third-order valence-corrected chi connectivity index (χ3v) is 2.95. The van der Waals surface area contributed by atoms with E-state index in [1.165, 1.54) is 0 Å². The zero-order chi connectivity index (χ0) is 12.3. The van der Waals surface area contributed by atoms with E-state index in [0.717, 1.165) is 37.3 Å². The van der Waals surface area contributed by atoms with Crippen LogP contribution in [0.4, 0.5) is 5.82 Å². The maximum Gasteiger partial charge on any atom is 0.254 e. The van der Waals surface area contributed by atoms with Gasteiger partial charge in [-0.2, -0.15) is 0 Å². The van der Waals surface area contributed by atoms with Crippen LogP contribution in [0.1, 0.15) is 37.0 Å². The molecule has 1 aromatic rings. The molecule has 0 atom stereocenters. The number of rotatable bonds is 5. The number of anilines is 1. The molecule has 1 aliphatic carbocycles. The smallest absolute Gasteiger partial charge is 0.254 e. The van der Waals surface area contributed by atoms with E-state index < -0.39 is 0 Å². The number of amides is 1. The van der Waals surface area contributed by atoms with Crippen molar-refractivity contribution in [3.05, 3.63) is 23.9 Å². The minimum absolute atomic E-state index is 0.122. The molecule has 17 heavy (non-hydrogen) atoms.